The summed E-state index contributed by atoms with van der Waals surface area (Å²) in [5.41, 5.74) is 0.653. The monoisotopic (exact) mass is 275 g/mol. The number of amides is 1. The Bertz CT molecular complexity index is 522. The van der Waals surface area contributed by atoms with Gasteiger partial charge in [0.2, 0.25) is 5.91 Å². The molecule has 0 aromatic heterocycles. The summed E-state index contributed by atoms with van der Waals surface area (Å²) < 4.78 is 0. The smallest absolute Gasteiger partial charge is 0.270 e. The Morgan fingerprint density at radius 3 is 3.05 bits per heavy atom. The van der Waals surface area contributed by atoms with Gasteiger partial charge in [0.05, 0.1) is 4.92 Å². The number of carbonyl (C=O) groups excluding carboxylic acids is 1. The fourth-order valence-corrected chi connectivity index (χ4v) is 2.14. The van der Waals surface area contributed by atoms with Gasteiger partial charge in [0, 0.05) is 30.8 Å². The Kier molecular flexibility index (Phi) is 4.84. The Morgan fingerprint density at radius 1 is 1.50 bits per heavy atom. The summed E-state index contributed by atoms with van der Waals surface area (Å²) in [5.74, 6) is -0.176. The largest absolute Gasteiger partial charge is 0.349 e. The summed E-state index contributed by atoms with van der Waals surface area (Å²) in [6.07, 6.45) is 5.02. The Labute approximate surface area is 117 Å². The van der Waals surface area contributed by atoms with Crippen LogP contribution in [-0.2, 0) is 4.79 Å². The van der Waals surface area contributed by atoms with Gasteiger partial charge in [0.25, 0.3) is 5.69 Å². The summed E-state index contributed by atoms with van der Waals surface area (Å²) in [6.45, 7) is 1.78. The highest BCUT2D eigenvalue weighted by Gasteiger charge is 2.13. The summed E-state index contributed by atoms with van der Waals surface area (Å²) in [4.78, 5) is 21.9. The van der Waals surface area contributed by atoms with Crippen LogP contribution in [0.5, 0.6) is 0 Å². The predicted octanol–water partition coefficient (Wildman–Crippen LogP) is 1.48. The maximum Gasteiger partial charge on any atom is 0.270 e. The van der Waals surface area contributed by atoms with Crippen molar-refractivity contribution >= 4 is 17.7 Å². The van der Waals surface area contributed by atoms with Crippen molar-refractivity contribution in [1.82, 2.24) is 10.6 Å². The molecule has 2 N–H and O–H groups in total. The fraction of sp³-hybridized carbons (Fsp3) is 0.357. The van der Waals surface area contributed by atoms with Crippen molar-refractivity contribution in [2.75, 3.05) is 13.1 Å². The molecule has 0 radical (unpaired) electrons. The van der Waals surface area contributed by atoms with Crippen LogP contribution in [0.1, 0.15) is 18.4 Å². The molecule has 106 valence electrons. The quantitative estimate of drug-likeness (QED) is 0.495. The van der Waals surface area contributed by atoms with Gasteiger partial charge in [-0.05, 0) is 31.0 Å². The van der Waals surface area contributed by atoms with E-state index in [1.165, 1.54) is 18.2 Å². The molecule has 20 heavy (non-hydrogen) atoms. The lowest BCUT2D eigenvalue weighted by Crippen LogP contribution is -2.45. The molecule has 1 aliphatic rings. The summed E-state index contributed by atoms with van der Waals surface area (Å²) in [5, 5.41) is 16.8. The number of benzene rings is 1. The van der Waals surface area contributed by atoms with Crippen LogP contribution in [0.3, 0.4) is 0 Å². The summed E-state index contributed by atoms with van der Waals surface area (Å²) >= 11 is 0. The topological polar surface area (TPSA) is 84.3 Å². The highest BCUT2D eigenvalue weighted by molar-refractivity contribution is 5.92. The number of rotatable bonds is 4. The van der Waals surface area contributed by atoms with Crippen molar-refractivity contribution in [3.8, 4) is 0 Å². The first-order chi connectivity index (χ1) is 9.65. The van der Waals surface area contributed by atoms with E-state index in [4.69, 9.17) is 0 Å². The molecule has 6 heteroatoms. The number of piperidine rings is 1. The molecule has 1 aromatic carbocycles. The van der Waals surface area contributed by atoms with Crippen LogP contribution in [-0.4, -0.2) is 30.0 Å². The zero-order valence-electron chi connectivity index (χ0n) is 11.0. The molecule has 1 atom stereocenters. The molecule has 0 aliphatic carbocycles. The normalized spacial score (nSPS) is 18.9. The SMILES string of the molecule is O=C(/C=C/c1cccc([N+](=O)[O-])c1)N[C@@H]1CCCNC1. The zero-order chi connectivity index (χ0) is 14.4. The van der Waals surface area contributed by atoms with Gasteiger partial charge in [0.1, 0.15) is 0 Å². The number of nitro groups is 1. The van der Waals surface area contributed by atoms with Gasteiger partial charge >= 0.3 is 0 Å². The average molecular weight is 275 g/mol. The van der Waals surface area contributed by atoms with Crippen molar-refractivity contribution < 1.29 is 9.72 Å². The molecule has 2 rings (SSSR count). The van der Waals surface area contributed by atoms with Crippen molar-refractivity contribution in [2.24, 2.45) is 0 Å². The number of nitro benzene ring substituents is 1. The Hall–Kier alpha value is -2.21. The molecule has 1 aromatic rings. The second kappa shape index (κ2) is 6.81. The minimum absolute atomic E-state index is 0.0176. The van der Waals surface area contributed by atoms with Gasteiger partial charge in [-0.2, -0.15) is 0 Å². The lowest BCUT2D eigenvalue weighted by molar-refractivity contribution is -0.384. The van der Waals surface area contributed by atoms with Gasteiger partial charge in [-0.3, -0.25) is 14.9 Å². The third-order valence-corrected chi connectivity index (χ3v) is 3.15. The van der Waals surface area contributed by atoms with E-state index in [-0.39, 0.29) is 17.6 Å². The minimum Gasteiger partial charge on any atom is -0.349 e. The minimum atomic E-state index is -0.453. The molecule has 6 nitrogen and oxygen atoms in total. The van der Waals surface area contributed by atoms with Crippen LogP contribution in [0.2, 0.25) is 0 Å². The van der Waals surface area contributed by atoms with Crippen molar-refractivity contribution in [3.63, 3.8) is 0 Å². The maximum atomic E-state index is 11.7. The van der Waals surface area contributed by atoms with E-state index in [9.17, 15) is 14.9 Å². The second-order valence-electron chi connectivity index (χ2n) is 4.74. The highest BCUT2D eigenvalue weighted by Crippen LogP contribution is 2.14. The molecule has 0 spiro atoms. The average Bonchev–Trinajstić information content (AvgIpc) is 2.46. The van der Waals surface area contributed by atoms with Gasteiger partial charge in [-0.25, -0.2) is 0 Å². The van der Waals surface area contributed by atoms with E-state index in [1.54, 1.807) is 18.2 Å². The lowest BCUT2D eigenvalue weighted by atomic mass is 10.1. The first-order valence-corrected chi connectivity index (χ1v) is 6.59. The Balaban J connectivity index is 1.92. The van der Waals surface area contributed by atoms with Crippen molar-refractivity contribution in [3.05, 3.63) is 46.0 Å². The van der Waals surface area contributed by atoms with Crippen LogP contribution >= 0.6 is 0 Å². The van der Waals surface area contributed by atoms with Crippen LogP contribution in [0.15, 0.2) is 30.3 Å². The fourth-order valence-electron chi connectivity index (χ4n) is 2.14. The number of hydrogen-bond acceptors (Lipinski definition) is 4. The van der Waals surface area contributed by atoms with Crippen LogP contribution < -0.4 is 10.6 Å². The maximum absolute atomic E-state index is 11.7. The lowest BCUT2D eigenvalue weighted by Gasteiger charge is -2.23. The van der Waals surface area contributed by atoms with Gasteiger partial charge in [-0.15, -0.1) is 0 Å². The van der Waals surface area contributed by atoms with E-state index in [2.05, 4.69) is 10.6 Å². The molecule has 1 aliphatic heterocycles. The van der Waals surface area contributed by atoms with E-state index < -0.39 is 4.92 Å². The molecule has 0 saturated carbocycles. The van der Waals surface area contributed by atoms with Gasteiger partial charge in [0.15, 0.2) is 0 Å². The molecule has 1 amide bonds. The van der Waals surface area contributed by atoms with Crippen LogP contribution in [0, 0.1) is 10.1 Å². The first kappa shape index (κ1) is 14.2. The highest BCUT2D eigenvalue weighted by atomic mass is 16.6. The third-order valence-electron chi connectivity index (χ3n) is 3.15. The molecule has 0 bridgehead atoms. The number of hydrogen-bond donors (Lipinski definition) is 2. The standard InChI is InChI=1S/C14H17N3O3/c18-14(16-12-4-2-8-15-10-12)7-6-11-3-1-5-13(9-11)17(19)20/h1,3,5-7,9,12,15H,2,4,8,10H2,(H,16,18)/b7-6+/t12-/m1/s1. The van der Waals surface area contributed by atoms with E-state index in [0.717, 1.165) is 25.9 Å². The van der Waals surface area contributed by atoms with E-state index >= 15 is 0 Å². The van der Waals surface area contributed by atoms with E-state index in [0.29, 0.717) is 5.56 Å². The van der Waals surface area contributed by atoms with E-state index in [1.807, 2.05) is 0 Å². The summed E-state index contributed by atoms with van der Waals surface area (Å²) in [6, 6.07) is 6.34. The van der Waals surface area contributed by atoms with Gasteiger partial charge in [-0.1, -0.05) is 12.1 Å². The van der Waals surface area contributed by atoms with Crippen molar-refractivity contribution in [2.45, 2.75) is 18.9 Å². The number of carbonyl (C=O) groups is 1. The number of non-ortho nitro benzene ring substituents is 1. The van der Waals surface area contributed by atoms with Gasteiger partial charge < -0.3 is 10.6 Å². The molecular weight excluding hydrogens is 258 g/mol. The molecular formula is C14H17N3O3. The second-order valence-corrected chi connectivity index (χ2v) is 4.74. The van der Waals surface area contributed by atoms with Crippen molar-refractivity contribution in [1.29, 1.82) is 0 Å². The Morgan fingerprint density at radius 2 is 2.35 bits per heavy atom. The third kappa shape index (κ3) is 4.17. The summed E-state index contributed by atoms with van der Waals surface area (Å²) in [7, 11) is 0. The van der Waals surface area contributed by atoms with Crippen LogP contribution in [0.25, 0.3) is 6.08 Å². The molecule has 1 saturated heterocycles. The number of nitrogens with one attached hydrogen (secondary N) is 2. The first-order valence-electron chi connectivity index (χ1n) is 6.59. The number of nitrogens with zero attached hydrogens (tertiary/aromatic N) is 1. The predicted molar refractivity (Wildman–Crippen MR) is 76.2 cm³/mol. The zero-order valence-corrected chi connectivity index (χ0v) is 11.0. The van der Waals surface area contributed by atoms with Crippen LogP contribution in [0.4, 0.5) is 5.69 Å². The molecule has 0 unspecified atom stereocenters. The molecule has 1 fully saturated rings. The molecule has 1 heterocycles.